The fourth-order valence-electron chi connectivity index (χ4n) is 4.72. The normalized spacial score (nSPS) is 19.8. The van der Waals surface area contributed by atoms with Gasteiger partial charge in [-0.1, -0.05) is 36.4 Å². The maximum Gasteiger partial charge on any atom is 0.223 e. The van der Waals surface area contributed by atoms with Crippen LogP contribution in [0.5, 0.6) is 0 Å². The maximum atomic E-state index is 13.8. The summed E-state index contributed by atoms with van der Waals surface area (Å²) in [6, 6.07) is 11.3. The van der Waals surface area contributed by atoms with Crippen molar-refractivity contribution in [1.82, 2.24) is 20.6 Å². The van der Waals surface area contributed by atoms with Crippen LogP contribution < -0.4 is 16.0 Å². The van der Waals surface area contributed by atoms with Crippen LogP contribution in [0.1, 0.15) is 36.4 Å². The van der Waals surface area contributed by atoms with Gasteiger partial charge in [-0.05, 0) is 61.1 Å². The molecule has 3 aromatic rings. The van der Waals surface area contributed by atoms with E-state index in [1.54, 1.807) is 12.1 Å². The molecule has 0 unspecified atom stereocenters. The van der Waals surface area contributed by atoms with E-state index in [2.05, 4.69) is 27.5 Å². The second kappa shape index (κ2) is 10.3. The van der Waals surface area contributed by atoms with Crippen LogP contribution >= 0.6 is 11.6 Å². The Morgan fingerprint density at radius 2 is 2.03 bits per heavy atom. The standard InChI is InChI=1S/C26H29ClFN5O/c1-16(31-25(20-6-9-29-14-20)18-4-5-23(28)22(27)12-18)17-2-3-19-15-30-26(33-24(19)13-17)32-21-7-10-34-11-8-21/h2-5,12-13,15,20-21,25,29,31H,1,6-11,14H2,(H,30,32,33)/t20-,25+/m1/s1. The molecule has 2 fully saturated rings. The van der Waals surface area contributed by atoms with Crippen molar-refractivity contribution in [3.8, 4) is 0 Å². The fraction of sp³-hybridized carbons (Fsp3) is 0.385. The van der Waals surface area contributed by atoms with E-state index in [1.165, 1.54) is 6.07 Å². The molecule has 8 heteroatoms. The summed E-state index contributed by atoms with van der Waals surface area (Å²) >= 11 is 6.10. The summed E-state index contributed by atoms with van der Waals surface area (Å²) in [6.07, 6.45) is 4.77. The van der Waals surface area contributed by atoms with Crippen LogP contribution in [-0.2, 0) is 4.74 Å². The number of fused-ring (bicyclic) bond motifs is 1. The number of benzene rings is 2. The summed E-state index contributed by atoms with van der Waals surface area (Å²) in [5, 5.41) is 11.5. The van der Waals surface area contributed by atoms with Gasteiger partial charge in [0, 0.05) is 43.1 Å². The van der Waals surface area contributed by atoms with Gasteiger partial charge in [-0.15, -0.1) is 0 Å². The highest BCUT2D eigenvalue weighted by atomic mass is 35.5. The molecular weight excluding hydrogens is 453 g/mol. The lowest BCUT2D eigenvalue weighted by Gasteiger charge is -2.27. The van der Waals surface area contributed by atoms with Gasteiger partial charge in [0.2, 0.25) is 5.95 Å². The van der Waals surface area contributed by atoms with Crippen molar-refractivity contribution in [2.45, 2.75) is 31.3 Å². The molecule has 0 spiro atoms. The molecule has 0 aliphatic carbocycles. The maximum absolute atomic E-state index is 13.8. The highest BCUT2D eigenvalue weighted by Gasteiger charge is 2.27. The molecule has 0 amide bonds. The van der Waals surface area contributed by atoms with Crippen LogP contribution in [0.25, 0.3) is 16.6 Å². The minimum Gasteiger partial charge on any atom is -0.381 e. The number of rotatable bonds is 7. The predicted octanol–water partition coefficient (Wildman–Crippen LogP) is 4.92. The number of halogens is 2. The van der Waals surface area contributed by atoms with Gasteiger partial charge in [-0.3, -0.25) is 0 Å². The van der Waals surface area contributed by atoms with Crippen molar-refractivity contribution in [2.24, 2.45) is 5.92 Å². The zero-order valence-electron chi connectivity index (χ0n) is 19.0. The SMILES string of the molecule is C=C(N[C@@H](c1ccc(F)c(Cl)c1)[C@@H]1CCNC1)c1ccc2cnc(NC3CCOCC3)nc2c1. The minimum absolute atomic E-state index is 0.0348. The van der Waals surface area contributed by atoms with Gasteiger partial charge in [-0.2, -0.15) is 0 Å². The summed E-state index contributed by atoms with van der Waals surface area (Å²) < 4.78 is 19.2. The molecular formula is C26H29ClFN5O. The Hall–Kier alpha value is -2.74. The number of nitrogens with one attached hydrogen (secondary N) is 3. The number of ether oxygens (including phenoxy) is 1. The smallest absolute Gasteiger partial charge is 0.223 e. The van der Waals surface area contributed by atoms with E-state index in [9.17, 15) is 4.39 Å². The molecule has 2 aliphatic heterocycles. The predicted molar refractivity (Wildman–Crippen MR) is 134 cm³/mol. The van der Waals surface area contributed by atoms with E-state index in [-0.39, 0.29) is 11.1 Å². The summed E-state index contributed by atoms with van der Waals surface area (Å²) in [5.41, 5.74) is 3.55. The monoisotopic (exact) mass is 481 g/mol. The summed E-state index contributed by atoms with van der Waals surface area (Å²) in [5.74, 6) is 0.564. The van der Waals surface area contributed by atoms with E-state index in [1.807, 2.05) is 24.4 Å². The second-order valence-corrected chi connectivity index (χ2v) is 9.43. The molecule has 0 bridgehead atoms. The topological polar surface area (TPSA) is 71.1 Å². The molecule has 178 valence electrons. The van der Waals surface area contributed by atoms with Gasteiger partial charge in [0.1, 0.15) is 5.82 Å². The van der Waals surface area contributed by atoms with Crippen LogP contribution in [0.2, 0.25) is 5.02 Å². The lowest BCUT2D eigenvalue weighted by molar-refractivity contribution is 0.0903. The number of aromatic nitrogens is 2. The third-order valence-corrected chi connectivity index (χ3v) is 6.98. The quantitative estimate of drug-likeness (QED) is 0.444. The number of hydrogen-bond donors (Lipinski definition) is 3. The summed E-state index contributed by atoms with van der Waals surface area (Å²) in [4.78, 5) is 9.23. The number of nitrogens with zero attached hydrogens (tertiary/aromatic N) is 2. The first kappa shape index (κ1) is 23.0. The Morgan fingerprint density at radius 3 is 2.79 bits per heavy atom. The lowest BCUT2D eigenvalue weighted by Crippen LogP contribution is -2.29. The average molecular weight is 482 g/mol. The Bertz CT molecular complexity index is 1180. The Labute approximate surface area is 204 Å². The van der Waals surface area contributed by atoms with E-state index in [4.69, 9.17) is 21.3 Å². The molecule has 3 N–H and O–H groups in total. The average Bonchev–Trinajstić information content (AvgIpc) is 3.39. The van der Waals surface area contributed by atoms with E-state index in [0.717, 1.165) is 73.3 Å². The molecule has 2 aliphatic rings. The zero-order valence-corrected chi connectivity index (χ0v) is 19.7. The Morgan fingerprint density at radius 1 is 1.18 bits per heavy atom. The number of anilines is 1. The van der Waals surface area contributed by atoms with Crippen molar-refractivity contribution >= 4 is 34.1 Å². The first-order valence-electron chi connectivity index (χ1n) is 11.8. The fourth-order valence-corrected chi connectivity index (χ4v) is 4.91. The van der Waals surface area contributed by atoms with Crippen molar-refractivity contribution in [3.63, 3.8) is 0 Å². The highest BCUT2D eigenvalue weighted by Crippen LogP contribution is 2.32. The van der Waals surface area contributed by atoms with Gasteiger partial charge in [0.25, 0.3) is 0 Å². The molecule has 0 saturated carbocycles. The van der Waals surface area contributed by atoms with Crippen molar-refractivity contribution in [3.05, 3.63) is 71.1 Å². The second-order valence-electron chi connectivity index (χ2n) is 9.03. The van der Waals surface area contributed by atoms with Crippen LogP contribution in [0.4, 0.5) is 10.3 Å². The van der Waals surface area contributed by atoms with Crippen LogP contribution in [0, 0.1) is 11.7 Å². The molecule has 5 rings (SSSR count). The van der Waals surface area contributed by atoms with E-state index in [0.29, 0.717) is 17.9 Å². The number of hydrogen-bond acceptors (Lipinski definition) is 6. The Balaban J connectivity index is 1.37. The van der Waals surface area contributed by atoms with Crippen LogP contribution in [0.15, 0.2) is 49.2 Å². The van der Waals surface area contributed by atoms with Gasteiger partial charge in [-0.25, -0.2) is 14.4 Å². The van der Waals surface area contributed by atoms with Gasteiger partial charge in [0.15, 0.2) is 0 Å². The van der Waals surface area contributed by atoms with Crippen molar-refractivity contribution in [1.29, 1.82) is 0 Å². The van der Waals surface area contributed by atoms with E-state index < -0.39 is 5.82 Å². The third kappa shape index (κ3) is 5.17. The highest BCUT2D eigenvalue weighted by molar-refractivity contribution is 6.30. The van der Waals surface area contributed by atoms with Crippen LogP contribution in [-0.4, -0.2) is 42.3 Å². The lowest BCUT2D eigenvalue weighted by atomic mass is 9.91. The molecule has 1 aromatic heterocycles. The van der Waals surface area contributed by atoms with Crippen molar-refractivity contribution < 1.29 is 9.13 Å². The molecule has 2 saturated heterocycles. The van der Waals surface area contributed by atoms with Crippen molar-refractivity contribution in [2.75, 3.05) is 31.6 Å². The van der Waals surface area contributed by atoms with E-state index >= 15 is 0 Å². The third-order valence-electron chi connectivity index (χ3n) is 6.69. The first-order valence-corrected chi connectivity index (χ1v) is 12.2. The summed E-state index contributed by atoms with van der Waals surface area (Å²) in [6.45, 7) is 7.68. The molecule has 6 nitrogen and oxygen atoms in total. The van der Waals surface area contributed by atoms with Gasteiger partial charge < -0.3 is 20.7 Å². The zero-order chi connectivity index (χ0) is 23.5. The van der Waals surface area contributed by atoms with Gasteiger partial charge in [0.05, 0.1) is 16.6 Å². The Kier molecular flexibility index (Phi) is 6.94. The van der Waals surface area contributed by atoms with Gasteiger partial charge >= 0.3 is 0 Å². The molecule has 2 atom stereocenters. The molecule has 2 aromatic carbocycles. The largest absolute Gasteiger partial charge is 0.381 e. The molecule has 0 radical (unpaired) electrons. The summed E-state index contributed by atoms with van der Waals surface area (Å²) in [7, 11) is 0. The van der Waals surface area contributed by atoms with Crippen LogP contribution in [0.3, 0.4) is 0 Å². The molecule has 3 heterocycles. The first-order chi connectivity index (χ1) is 16.6. The minimum atomic E-state index is -0.410. The molecule has 34 heavy (non-hydrogen) atoms.